The molecule has 118 valence electrons. The quantitative estimate of drug-likeness (QED) is 0.851. The van der Waals surface area contributed by atoms with E-state index in [4.69, 9.17) is 0 Å². The zero-order valence-electron chi connectivity index (χ0n) is 14.0. The van der Waals surface area contributed by atoms with Crippen LogP contribution in [0.15, 0.2) is 35.5 Å². The minimum Gasteiger partial charge on any atom is -0.378 e. The zero-order chi connectivity index (χ0) is 16.5. The van der Waals surface area contributed by atoms with Crippen LogP contribution in [0.5, 0.6) is 0 Å². The van der Waals surface area contributed by atoms with Crippen LogP contribution in [0.1, 0.15) is 25.6 Å². The Bertz CT molecular complexity index is 748. The Morgan fingerprint density at radius 2 is 1.95 bits per heavy atom. The van der Waals surface area contributed by atoms with E-state index in [0.29, 0.717) is 4.80 Å². The summed E-state index contributed by atoms with van der Waals surface area (Å²) in [7, 11) is 4.02. The molecule has 0 atom stereocenters. The molecule has 0 bridgehead atoms. The second kappa shape index (κ2) is 6.08. The fraction of sp³-hybridized carbons (Fsp3) is 0.412. The first-order valence-corrected chi connectivity index (χ1v) is 8.06. The predicted molar refractivity (Wildman–Crippen MR) is 92.7 cm³/mol. The first kappa shape index (κ1) is 16.5. The van der Waals surface area contributed by atoms with Crippen LogP contribution in [-0.2, 0) is 4.79 Å². The van der Waals surface area contributed by atoms with E-state index in [0.717, 1.165) is 16.3 Å². The molecule has 5 heteroatoms. The highest BCUT2D eigenvalue weighted by atomic mass is 32.1. The summed E-state index contributed by atoms with van der Waals surface area (Å²) in [5.41, 5.74) is 1.65. The van der Waals surface area contributed by atoms with E-state index >= 15 is 0 Å². The number of benzene rings is 1. The second-order valence-electron chi connectivity index (χ2n) is 6.58. The number of carbonyl (C=O) groups excluding carboxylic acids is 1. The lowest BCUT2D eigenvalue weighted by molar-refractivity contribution is -0.125. The van der Waals surface area contributed by atoms with Gasteiger partial charge in [-0.3, -0.25) is 9.36 Å². The Hall–Kier alpha value is -1.88. The average molecular weight is 317 g/mol. The molecule has 2 rings (SSSR count). The van der Waals surface area contributed by atoms with Crippen molar-refractivity contribution in [2.45, 2.75) is 27.7 Å². The number of hydrogen-bond donors (Lipinski definition) is 0. The van der Waals surface area contributed by atoms with Gasteiger partial charge in [0.15, 0.2) is 4.80 Å². The molecule has 4 nitrogen and oxygen atoms in total. The van der Waals surface area contributed by atoms with Gasteiger partial charge in [-0.25, -0.2) is 0 Å². The van der Waals surface area contributed by atoms with Crippen molar-refractivity contribution in [3.63, 3.8) is 0 Å². The molecule has 0 radical (unpaired) electrons. The van der Waals surface area contributed by atoms with E-state index < -0.39 is 5.41 Å². The van der Waals surface area contributed by atoms with E-state index in [1.165, 1.54) is 11.3 Å². The minimum atomic E-state index is -0.471. The third kappa shape index (κ3) is 3.65. The lowest BCUT2D eigenvalue weighted by Gasteiger charge is -2.14. The molecule has 0 aliphatic rings. The maximum absolute atomic E-state index is 12.2. The molecule has 2 aromatic rings. The van der Waals surface area contributed by atoms with Crippen molar-refractivity contribution in [3.05, 3.63) is 40.1 Å². The third-order valence-corrected chi connectivity index (χ3v) is 4.13. The van der Waals surface area contributed by atoms with Crippen molar-refractivity contribution >= 4 is 22.9 Å². The van der Waals surface area contributed by atoms with Gasteiger partial charge in [0, 0.05) is 42.0 Å². The summed E-state index contributed by atoms with van der Waals surface area (Å²) in [6.45, 7) is 7.68. The van der Waals surface area contributed by atoms with Gasteiger partial charge in [0.05, 0.1) is 0 Å². The molecule has 1 heterocycles. The molecule has 1 amide bonds. The van der Waals surface area contributed by atoms with Crippen LogP contribution in [-0.4, -0.2) is 24.6 Å². The average Bonchev–Trinajstić information content (AvgIpc) is 2.78. The van der Waals surface area contributed by atoms with Crippen molar-refractivity contribution in [3.8, 4) is 5.69 Å². The molecule has 0 saturated carbocycles. The predicted octanol–water partition coefficient (Wildman–Crippen LogP) is 3.39. The van der Waals surface area contributed by atoms with Crippen molar-refractivity contribution in [1.29, 1.82) is 0 Å². The summed E-state index contributed by atoms with van der Waals surface area (Å²) in [6.07, 6.45) is 2.02. The first-order valence-electron chi connectivity index (χ1n) is 7.24. The SMILES string of the molecule is Cc1cn(-c2cccc(N(C)C)c2)/c(=N/C(=O)C(C)(C)C)s1. The van der Waals surface area contributed by atoms with Gasteiger partial charge in [0.25, 0.3) is 5.91 Å². The molecule has 0 saturated heterocycles. The molecule has 22 heavy (non-hydrogen) atoms. The molecular formula is C17H23N3OS. The first-order chi connectivity index (χ1) is 10.2. The molecular weight excluding hydrogens is 294 g/mol. The summed E-state index contributed by atoms with van der Waals surface area (Å²) in [4.78, 5) is 20.4. The van der Waals surface area contributed by atoms with Crippen LogP contribution in [0.4, 0.5) is 5.69 Å². The maximum Gasteiger partial charge on any atom is 0.253 e. The normalized spacial score (nSPS) is 12.5. The summed E-state index contributed by atoms with van der Waals surface area (Å²) in [5.74, 6) is -0.105. The molecule has 0 unspecified atom stereocenters. The molecule has 0 spiro atoms. The van der Waals surface area contributed by atoms with Gasteiger partial charge in [-0.2, -0.15) is 4.99 Å². The van der Waals surface area contributed by atoms with Crippen LogP contribution in [0.25, 0.3) is 5.69 Å². The van der Waals surface area contributed by atoms with Gasteiger partial charge in [-0.15, -0.1) is 11.3 Å². The summed E-state index contributed by atoms with van der Waals surface area (Å²) >= 11 is 1.53. The number of rotatable bonds is 2. The fourth-order valence-corrected chi connectivity index (χ4v) is 2.72. The molecule has 1 aromatic carbocycles. The number of aryl methyl sites for hydroxylation is 1. The van der Waals surface area contributed by atoms with Gasteiger partial charge in [0.2, 0.25) is 0 Å². The molecule has 0 N–H and O–H groups in total. The standard InChI is InChI=1S/C17H23N3OS/c1-12-11-20(14-9-7-8-13(10-14)19(5)6)16(22-12)18-15(21)17(2,3)4/h7-11H,1-6H3/b18-16-. The van der Waals surface area contributed by atoms with E-state index in [2.05, 4.69) is 22.0 Å². The minimum absolute atomic E-state index is 0.105. The third-order valence-electron chi connectivity index (χ3n) is 3.23. The van der Waals surface area contributed by atoms with Crippen molar-refractivity contribution in [2.24, 2.45) is 10.4 Å². The van der Waals surface area contributed by atoms with Crippen molar-refractivity contribution in [2.75, 3.05) is 19.0 Å². The van der Waals surface area contributed by atoms with Crippen molar-refractivity contribution < 1.29 is 4.79 Å². The van der Waals surface area contributed by atoms with Crippen LogP contribution in [0.2, 0.25) is 0 Å². The topological polar surface area (TPSA) is 37.6 Å². The number of carbonyl (C=O) groups is 1. The Morgan fingerprint density at radius 1 is 1.27 bits per heavy atom. The number of hydrogen-bond acceptors (Lipinski definition) is 3. The highest BCUT2D eigenvalue weighted by Crippen LogP contribution is 2.18. The summed E-state index contributed by atoms with van der Waals surface area (Å²) in [5, 5.41) is 0. The van der Waals surface area contributed by atoms with Crippen LogP contribution in [0, 0.1) is 12.3 Å². The number of nitrogens with zero attached hydrogens (tertiary/aromatic N) is 3. The smallest absolute Gasteiger partial charge is 0.253 e. The fourth-order valence-electron chi connectivity index (χ4n) is 1.89. The molecule has 0 aliphatic heterocycles. The van der Waals surface area contributed by atoms with E-state index in [9.17, 15) is 4.79 Å². The number of amides is 1. The highest BCUT2D eigenvalue weighted by molar-refractivity contribution is 7.09. The Kier molecular flexibility index (Phi) is 4.56. The zero-order valence-corrected chi connectivity index (χ0v) is 14.9. The van der Waals surface area contributed by atoms with Crippen LogP contribution >= 0.6 is 11.3 Å². The Morgan fingerprint density at radius 3 is 2.55 bits per heavy atom. The Balaban J connectivity index is 2.56. The van der Waals surface area contributed by atoms with Gasteiger partial charge in [0.1, 0.15) is 0 Å². The lowest BCUT2D eigenvalue weighted by Crippen LogP contribution is -2.23. The summed E-state index contributed by atoms with van der Waals surface area (Å²) < 4.78 is 1.98. The maximum atomic E-state index is 12.2. The summed E-state index contributed by atoms with van der Waals surface area (Å²) in [6, 6.07) is 8.19. The van der Waals surface area contributed by atoms with Gasteiger partial charge in [-0.1, -0.05) is 26.8 Å². The Labute approximate surface area is 135 Å². The van der Waals surface area contributed by atoms with E-state index in [-0.39, 0.29) is 5.91 Å². The molecule has 0 fully saturated rings. The van der Waals surface area contributed by atoms with E-state index in [1.807, 2.05) is 64.7 Å². The van der Waals surface area contributed by atoms with Crippen LogP contribution < -0.4 is 9.70 Å². The van der Waals surface area contributed by atoms with Gasteiger partial charge >= 0.3 is 0 Å². The lowest BCUT2D eigenvalue weighted by atomic mass is 9.96. The van der Waals surface area contributed by atoms with Gasteiger partial charge < -0.3 is 4.90 Å². The van der Waals surface area contributed by atoms with Gasteiger partial charge in [-0.05, 0) is 25.1 Å². The number of anilines is 1. The molecule has 0 aliphatic carbocycles. The van der Waals surface area contributed by atoms with Crippen molar-refractivity contribution in [1.82, 2.24) is 4.57 Å². The van der Waals surface area contributed by atoms with Crippen LogP contribution in [0.3, 0.4) is 0 Å². The number of thiazole rings is 1. The number of aromatic nitrogens is 1. The highest BCUT2D eigenvalue weighted by Gasteiger charge is 2.21. The van der Waals surface area contributed by atoms with E-state index in [1.54, 1.807) is 0 Å². The molecule has 1 aromatic heterocycles. The monoisotopic (exact) mass is 317 g/mol. The second-order valence-corrected chi connectivity index (χ2v) is 7.79. The largest absolute Gasteiger partial charge is 0.378 e.